The molecule has 1 spiro atoms. The van der Waals surface area contributed by atoms with E-state index in [4.69, 9.17) is 11.6 Å². The molecule has 1 heterocycles. The molecule has 0 unspecified atom stereocenters. The molecule has 2 aliphatic rings. The molecule has 1 amide bonds. The van der Waals surface area contributed by atoms with E-state index in [1.165, 1.54) is 29.8 Å². The molecule has 0 radical (unpaired) electrons. The summed E-state index contributed by atoms with van der Waals surface area (Å²) in [5, 5.41) is 3.78. The Bertz CT molecular complexity index is 1150. The molecular weight excluding hydrogens is 418 g/mol. The number of aromatic nitrogens is 1. The summed E-state index contributed by atoms with van der Waals surface area (Å²) in [7, 11) is 0. The second-order valence-electron chi connectivity index (χ2n) is 9.06. The van der Waals surface area contributed by atoms with E-state index in [1.54, 1.807) is 12.1 Å². The lowest BCUT2D eigenvalue weighted by atomic mass is 9.54. The number of rotatable bonds is 3. The van der Waals surface area contributed by atoms with Crippen molar-refractivity contribution in [2.24, 2.45) is 11.3 Å². The lowest BCUT2D eigenvalue weighted by molar-refractivity contribution is -0.128. The Balaban J connectivity index is 1.21. The molecule has 0 saturated heterocycles. The van der Waals surface area contributed by atoms with Crippen molar-refractivity contribution in [2.45, 2.75) is 44.4 Å². The summed E-state index contributed by atoms with van der Waals surface area (Å²) in [6.07, 6.45) is 7.80. The molecule has 2 fully saturated rings. The van der Waals surface area contributed by atoms with Gasteiger partial charge in [-0.05, 0) is 97.9 Å². The van der Waals surface area contributed by atoms with Gasteiger partial charge in [-0.2, -0.15) is 0 Å². The van der Waals surface area contributed by atoms with Gasteiger partial charge in [0.1, 0.15) is 11.6 Å². The van der Waals surface area contributed by atoms with Crippen LogP contribution in [0.4, 0.5) is 14.5 Å². The number of carbonyl (C=O) groups excluding carboxylic acids is 1. The van der Waals surface area contributed by atoms with Crippen LogP contribution in [0.15, 0.2) is 48.7 Å². The van der Waals surface area contributed by atoms with Gasteiger partial charge in [0.2, 0.25) is 5.91 Å². The van der Waals surface area contributed by atoms with Crippen molar-refractivity contribution in [3.8, 4) is 0 Å². The summed E-state index contributed by atoms with van der Waals surface area (Å²) in [6, 6.07) is 11.0. The fourth-order valence-corrected chi connectivity index (χ4v) is 5.61. The molecule has 2 saturated carbocycles. The normalized spacial score (nSPS) is 25.4. The third kappa shape index (κ3) is 3.91. The first kappa shape index (κ1) is 20.4. The minimum Gasteiger partial charge on any atom is -0.326 e. The molecule has 1 aromatic heterocycles. The number of nitrogens with zero attached hydrogens (tertiary/aromatic N) is 1. The van der Waals surface area contributed by atoms with Crippen molar-refractivity contribution < 1.29 is 13.6 Å². The summed E-state index contributed by atoms with van der Waals surface area (Å²) in [6.45, 7) is 0. The molecular formula is C25H23ClF2N2O. The SMILES string of the molecule is O=C(Nc1ccc(F)c(Cl)c1)C1CC2(CCC(c3ccnc4ccc(F)cc34)CC2)C1. The van der Waals surface area contributed by atoms with Crippen LogP contribution in [0, 0.1) is 23.0 Å². The Morgan fingerprint density at radius 3 is 2.58 bits per heavy atom. The van der Waals surface area contributed by atoms with Crippen LogP contribution in [0.3, 0.4) is 0 Å². The molecule has 0 aliphatic heterocycles. The standard InChI is InChI=1S/C25H23ClF2N2O/c26-21-12-18(2-3-22(21)28)30-24(31)16-13-25(14-16)8-5-15(6-9-25)19-7-10-29-23-4-1-17(27)11-20(19)23/h1-4,7,10-12,15-16H,5-6,8-9,13-14H2,(H,30,31). The molecule has 5 rings (SSSR count). The summed E-state index contributed by atoms with van der Waals surface area (Å²) in [5.74, 6) is -0.373. The van der Waals surface area contributed by atoms with Crippen LogP contribution in [-0.2, 0) is 4.79 Å². The number of halogens is 3. The van der Waals surface area contributed by atoms with Gasteiger partial charge >= 0.3 is 0 Å². The molecule has 3 aromatic rings. The number of pyridine rings is 1. The van der Waals surface area contributed by atoms with E-state index in [0.29, 0.717) is 11.6 Å². The predicted molar refractivity (Wildman–Crippen MR) is 118 cm³/mol. The lowest BCUT2D eigenvalue weighted by Gasteiger charge is -2.51. The largest absolute Gasteiger partial charge is 0.326 e. The van der Waals surface area contributed by atoms with Crippen LogP contribution < -0.4 is 5.32 Å². The molecule has 2 aromatic carbocycles. The molecule has 160 valence electrons. The lowest BCUT2D eigenvalue weighted by Crippen LogP contribution is -2.45. The van der Waals surface area contributed by atoms with E-state index in [-0.39, 0.29) is 28.1 Å². The van der Waals surface area contributed by atoms with Crippen molar-refractivity contribution >= 4 is 34.1 Å². The Kier molecular flexibility index (Phi) is 5.17. The van der Waals surface area contributed by atoms with Crippen LogP contribution in [0.2, 0.25) is 5.02 Å². The van der Waals surface area contributed by atoms with Crippen LogP contribution in [0.5, 0.6) is 0 Å². The number of anilines is 1. The Labute approximate surface area is 184 Å². The van der Waals surface area contributed by atoms with E-state index in [1.807, 2.05) is 12.3 Å². The van der Waals surface area contributed by atoms with Gasteiger partial charge in [0.15, 0.2) is 0 Å². The summed E-state index contributed by atoms with van der Waals surface area (Å²) in [4.78, 5) is 17.0. The quantitative estimate of drug-likeness (QED) is 0.483. The number of nitrogens with one attached hydrogen (secondary N) is 1. The van der Waals surface area contributed by atoms with Gasteiger partial charge < -0.3 is 5.32 Å². The number of fused-ring (bicyclic) bond motifs is 1. The molecule has 0 atom stereocenters. The Morgan fingerprint density at radius 2 is 1.84 bits per heavy atom. The first-order valence-electron chi connectivity index (χ1n) is 10.7. The molecule has 2 aliphatic carbocycles. The maximum Gasteiger partial charge on any atom is 0.227 e. The molecule has 31 heavy (non-hydrogen) atoms. The molecule has 6 heteroatoms. The fraction of sp³-hybridized carbons (Fsp3) is 0.360. The van der Waals surface area contributed by atoms with Crippen LogP contribution in [0.25, 0.3) is 10.9 Å². The topological polar surface area (TPSA) is 42.0 Å². The molecule has 0 bridgehead atoms. The number of carbonyl (C=O) groups is 1. The first-order valence-corrected chi connectivity index (χ1v) is 11.1. The zero-order valence-corrected chi connectivity index (χ0v) is 17.8. The highest BCUT2D eigenvalue weighted by atomic mass is 35.5. The van der Waals surface area contributed by atoms with Gasteiger partial charge in [0.25, 0.3) is 0 Å². The molecule has 1 N–H and O–H groups in total. The summed E-state index contributed by atoms with van der Waals surface area (Å²) >= 11 is 5.80. The van der Waals surface area contributed by atoms with E-state index in [9.17, 15) is 13.6 Å². The third-order valence-corrected chi connectivity index (χ3v) is 7.43. The average molecular weight is 441 g/mol. The monoisotopic (exact) mass is 440 g/mol. The maximum atomic E-state index is 13.8. The number of hydrogen-bond acceptors (Lipinski definition) is 2. The van der Waals surface area contributed by atoms with Gasteiger partial charge in [-0.3, -0.25) is 9.78 Å². The number of hydrogen-bond donors (Lipinski definition) is 1. The highest BCUT2D eigenvalue weighted by molar-refractivity contribution is 6.31. The minimum absolute atomic E-state index is 0.00437. The zero-order chi connectivity index (χ0) is 21.6. The van der Waals surface area contributed by atoms with E-state index >= 15 is 0 Å². The van der Waals surface area contributed by atoms with Gasteiger partial charge in [0, 0.05) is 23.2 Å². The van der Waals surface area contributed by atoms with Crippen LogP contribution >= 0.6 is 11.6 Å². The molecule has 3 nitrogen and oxygen atoms in total. The number of benzene rings is 2. The second kappa shape index (κ2) is 7.86. The smallest absolute Gasteiger partial charge is 0.227 e. The van der Waals surface area contributed by atoms with Crippen molar-refractivity contribution in [2.75, 3.05) is 5.32 Å². The van der Waals surface area contributed by atoms with Crippen molar-refractivity contribution in [3.05, 3.63) is 70.9 Å². The highest BCUT2D eigenvalue weighted by Gasteiger charge is 2.48. The minimum atomic E-state index is -0.497. The van der Waals surface area contributed by atoms with E-state index in [0.717, 1.165) is 49.4 Å². The van der Waals surface area contributed by atoms with Gasteiger partial charge in [0.05, 0.1) is 10.5 Å². The fourth-order valence-electron chi connectivity index (χ4n) is 5.43. The van der Waals surface area contributed by atoms with Crippen LogP contribution in [0.1, 0.15) is 50.0 Å². The van der Waals surface area contributed by atoms with Crippen molar-refractivity contribution in [3.63, 3.8) is 0 Å². The number of amides is 1. The van der Waals surface area contributed by atoms with Crippen molar-refractivity contribution in [1.82, 2.24) is 4.98 Å². The Morgan fingerprint density at radius 1 is 1.06 bits per heavy atom. The summed E-state index contributed by atoms with van der Waals surface area (Å²) < 4.78 is 27.1. The van der Waals surface area contributed by atoms with E-state index < -0.39 is 5.82 Å². The zero-order valence-electron chi connectivity index (χ0n) is 17.0. The Hall–Kier alpha value is -2.53. The highest BCUT2D eigenvalue weighted by Crippen LogP contribution is 2.57. The van der Waals surface area contributed by atoms with Gasteiger partial charge in [-0.15, -0.1) is 0 Å². The van der Waals surface area contributed by atoms with E-state index in [2.05, 4.69) is 10.3 Å². The summed E-state index contributed by atoms with van der Waals surface area (Å²) in [5.41, 5.74) is 2.77. The van der Waals surface area contributed by atoms with Gasteiger partial charge in [-0.25, -0.2) is 8.78 Å². The van der Waals surface area contributed by atoms with Crippen molar-refractivity contribution in [1.29, 1.82) is 0 Å². The predicted octanol–water partition coefficient (Wildman–Crippen LogP) is 6.86. The average Bonchev–Trinajstić information content (AvgIpc) is 2.74. The second-order valence-corrected chi connectivity index (χ2v) is 9.47. The third-order valence-electron chi connectivity index (χ3n) is 7.14. The first-order chi connectivity index (χ1) is 14.9. The van der Waals surface area contributed by atoms with Gasteiger partial charge in [-0.1, -0.05) is 11.6 Å². The van der Waals surface area contributed by atoms with Crippen LogP contribution in [-0.4, -0.2) is 10.9 Å². The maximum absolute atomic E-state index is 13.8.